The van der Waals surface area contributed by atoms with E-state index in [0.717, 1.165) is 11.3 Å². The average molecular weight is 324 g/mol. The van der Waals surface area contributed by atoms with Crippen LogP contribution in [0.25, 0.3) is 6.08 Å². The van der Waals surface area contributed by atoms with Crippen molar-refractivity contribution in [2.75, 3.05) is 13.7 Å². The van der Waals surface area contributed by atoms with Crippen LogP contribution < -0.4 is 14.2 Å². The molecule has 0 atom stereocenters. The molecule has 124 valence electrons. The first-order valence-corrected chi connectivity index (χ1v) is 7.90. The van der Waals surface area contributed by atoms with Gasteiger partial charge in [-0.2, -0.15) is 0 Å². The highest BCUT2D eigenvalue weighted by atomic mass is 16.5. The number of ketones is 1. The SMILES string of the molecule is COc1ccc2c(c1)C(=O)/C(=C/c1ccccc1OC(C)C)CO2. The van der Waals surface area contributed by atoms with Crippen LogP contribution >= 0.6 is 0 Å². The van der Waals surface area contributed by atoms with Gasteiger partial charge in [-0.05, 0) is 44.2 Å². The van der Waals surface area contributed by atoms with E-state index in [0.29, 0.717) is 22.6 Å². The van der Waals surface area contributed by atoms with Gasteiger partial charge >= 0.3 is 0 Å². The molecule has 0 unspecified atom stereocenters. The number of methoxy groups -OCH3 is 1. The maximum atomic E-state index is 12.8. The van der Waals surface area contributed by atoms with Crippen LogP contribution in [0.1, 0.15) is 29.8 Å². The largest absolute Gasteiger partial charge is 0.497 e. The van der Waals surface area contributed by atoms with E-state index < -0.39 is 0 Å². The van der Waals surface area contributed by atoms with E-state index >= 15 is 0 Å². The van der Waals surface area contributed by atoms with Crippen molar-refractivity contribution < 1.29 is 19.0 Å². The zero-order valence-corrected chi connectivity index (χ0v) is 14.0. The number of benzene rings is 2. The number of ether oxygens (including phenoxy) is 3. The molecule has 1 aliphatic rings. The molecule has 0 radical (unpaired) electrons. The molecule has 0 aliphatic carbocycles. The number of fused-ring (bicyclic) bond motifs is 1. The van der Waals surface area contributed by atoms with Crippen molar-refractivity contribution in [3.63, 3.8) is 0 Å². The van der Waals surface area contributed by atoms with Crippen molar-refractivity contribution in [3.05, 3.63) is 59.2 Å². The molecule has 1 heterocycles. The van der Waals surface area contributed by atoms with Gasteiger partial charge in [0.15, 0.2) is 5.78 Å². The molecular weight excluding hydrogens is 304 g/mol. The van der Waals surface area contributed by atoms with E-state index in [-0.39, 0.29) is 18.5 Å². The third-order valence-corrected chi connectivity index (χ3v) is 3.72. The van der Waals surface area contributed by atoms with E-state index in [9.17, 15) is 4.79 Å². The van der Waals surface area contributed by atoms with Gasteiger partial charge < -0.3 is 14.2 Å². The molecule has 0 fully saturated rings. The molecule has 2 aromatic carbocycles. The zero-order valence-electron chi connectivity index (χ0n) is 14.0. The summed E-state index contributed by atoms with van der Waals surface area (Å²) in [6, 6.07) is 12.9. The summed E-state index contributed by atoms with van der Waals surface area (Å²) in [4.78, 5) is 12.8. The Bertz CT molecular complexity index is 790. The van der Waals surface area contributed by atoms with Crippen LogP contribution in [-0.4, -0.2) is 25.6 Å². The quantitative estimate of drug-likeness (QED) is 0.793. The Morgan fingerprint density at radius 3 is 2.71 bits per heavy atom. The smallest absolute Gasteiger partial charge is 0.196 e. The molecule has 3 rings (SSSR count). The summed E-state index contributed by atoms with van der Waals surface area (Å²) in [6.07, 6.45) is 1.90. The Hall–Kier alpha value is -2.75. The Kier molecular flexibility index (Phi) is 4.56. The molecule has 2 aromatic rings. The van der Waals surface area contributed by atoms with Gasteiger partial charge in [-0.25, -0.2) is 0 Å². The second kappa shape index (κ2) is 6.79. The minimum atomic E-state index is -0.0468. The van der Waals surface area contributed by atoms with Gasteiger partial charge in [0, 0.05) is 11.1 Å². The number of Topliss-reactive ketones (excluding diaryl/α,β-unsaturated/α-hetero) is 1. The highest BCUT2D eigenvalue weighted by Gasteiger charge is 2.24. The second-order valence-electron chi connectivity index (χ2n) is 5.85. The minimum absolute atomic E-state index is 0.0468. The predicted octanol–water partition coefficient (Wildman–Crippen LogP) is 4.14. The molecule has 0 bridgehead atoms. The maximum Gasteiger partial charge on any atom is 0.196 e. The lowest BCUT2D eigenvalue weighted by atomic mass is 9.98. The summed E-state index contributed by atoms with van der Waals surface area (Å²) in [5.74, 6) is 1.93. The Morgan fingerprint density at radius 1 is 1.17 bits per heavy atom. The number of para-hydroxylation sites is 1. The number of rotatable bonds is 4. The second-order valence-corrected chi connectivity index (χ2v) is 5.85. The van der Waals surface area contributed by atoms with Gasteiger partial charge in [0.2, 0.25) is 0 Å². The fourth-order valence-corrected chi connectivity index (χ4v) is 2.59. The molecule has 0 N–H and O–H groups in total. The van der Waals surface area contributed by atoms with Crippen molar-refractivity contribution in [1.82, 2.24) is 0 Å². The summed E-state index contributed by atoms with van der Waals surface area (Å²) in [5, 5.41) is 0. The highest BCUT2D eigenvalue weighted by Crippen LogP contribution is 2.32. The molecule has 4 nitrogen and oxygen atoms in total. The zero-order chi connectivity index (χ0) is 17.1. The van der Waals surface area contributed by atoms with Crippen molar-refractivity contribution in [1.29, 1.82) is 0 Å². The molecule has 0 spiro atoms. The summed E-state index contributed by atoms with van der Waals surface area (Å²) in [6.45, 7) is 4.19. The summed E-state index contributed by atoms with van der Waals surface area (Å²) < 4.78 is 16.7. The first kappa shape index (κ1) is 16.1. The Morgan fingerprint density at radius 2 is 1.96 bits per heavy atom. The van der Waals surface area contributed by atoms with Crippen LogP contribution in [0.15, 0.2) is 48.0 Å². The molecule has 0 saturated carbocycles. The molecule has 24 heavy (non-hydrogen) atoms. The summed E-state index contributed by atoms with van der Waals surface area (Å²) in [5.41, 5.74) is 1.98. The van der Waals surface area contributed by atoms with Gasteiger partial charge in [0.1, 0.15) is 23.9 Å². The topological polar surface area (TPSA) is 44.8 Å². The van der Waals surface area contributed by atoms with E-state index in [1.165, 1.54) is 0 Å². The monoisotopic (exact) mass is 324 g/mol. The van der Waals surface area contributed by atoms with Gasteiger partial charge in [-0.3, -0.25) is 4.79 Å². The number of hydrogen-bond donors (Lipinski definition) is 0. The molecule has 4 heteroatoms. The standard InChI is InChI=1S/C20H20O4/c1-13(2)24-18-7-5-4-6-14(18)10-15-12-23-19-9-8-16(22-3)11-17(19)20(15)21/h4-11,13H,12H2,1-3H3/b15-10+. The van der Waals surface area contributed by atoms with E-state index in [1.807, 2.05) is 44.2 Å². The van der Waals surface area contributed by atoms with Crippen LogP contribution in [0.5, 0.6) is 17.2 Å². The molecule has 0 amide bonds. The number of carbonyl (C=O) groups excluding carboxylic acids is 1. The van der Waals surface area contributed by atoms with Crippen molar-refractivity contribution in [2.24, 2.45) is 0 Å². The minimum Gasteiger partial charge on any atom is -0.497 e. The van der Waals surface area contributed by atoms with E-state index in [2.05, 4.69) is 0 Å². The third-order valence-electron chi connectivity index (χ3n) is 3.72. The molecular formula is C20H20O4. The van der Waals surface area contributed by atoms with E-state index in [1.54, 1.807) is 25.3 Å². The first-order chi connectivity index (χ1) is 11.6. The summed E-state index contributed by atoms with van der Waals surface area (Å²) in [7, 11) is 1.58. The van der Waals surface area contributed by atoms with E-state index in [4.69, 9.17) is 14.2 Å². The molecule has 0 aromatic heterocycles. The maximum absolute atomic E-state index is 12.8. The Labute approximate surface area is 141 Å². The van der Waals surface area contributed by atoms with Crippen molar-refractivity contribution in [3.8, 4) is 17.2 Å². The van der Waals surface area contributed by atoms with Crippen molar-refractivity contribution >= 4 is 11.9 Å². The first-order valence-electron chi connectivity index (χ1n) is 7.90. The lowest BCUT2D eigenvalue weighted by Crippen LogP contribution is -2.19. The molecule has 0 saturated heterocycles. The van der Waals surface area contributed by atoms with Crippen LogP contribution in [-0.2, 0) is 0 Å². The van der Waals surface area contributed by atoms with Crippen LogP contribution in [0.4, 0.5) is 0 Å². The highest BCUT2D eigenvalue weighted by molar-refractivity contribution is 6.14. The summed E-state index contributed by atoms with van der Waals surface area (Å²) >= 11 is 0. The van der Waals surface area contributed by atoms with Crippen LogP contribution in [0, 0.1) is 0 Å². The lowest BCUT2D eigenvalue weighted by Gasteiger charge is -2.20. The van der Waals surface area contributed by atoms with Gasteiger partial charge in [0.25, 0.3) is 0 Å². The predicted molar refractivity (Wildman–Crippen MR) is 93.0 cm³/mol. The van der Waals surface area contributed by atoms with Crippen LogP contribution in [0.2, 0.25) is 0 Å². The third kappa shape index (κ3) is 3.27. The fourth-order valence-electron chi connectivity index (χ4n) is 2.59. The fraction of sp³-hybridized carbons (Fsp3) is 0.250. The Balaban J connectivity index is 1.96. The van der Waals surface area contributed by atoms with Crippen molar-refractivity contribution in [2.45, 2.75) is 20.0 Å². The lowest BCUT2D eigenvalue weighted by molar-refractivity contribution is 0.100. The van der Waals surface area contributed by atoms with Crippen LogP contribution in [0.3, 0.4) is 0 Å². The number of hydrogen-bond acceptors (Lipinski definition) is 4. The average Bonchev–Trinajstić information content (AvgIpc) is 2.58. The normalized spacial score (nSPS) is 15.2. The van der Waals surface area contributed by atoms with Gasteiger partial charge in [0.05, 0.1) is 18.8 Å². The van der Waals surface area contributed by atoms with Gasteiger partial charge in [-0.15, -0.1) is 0 Å². The van der Waals surface area contributed by atoms with Gasteiger partial charge in [-0.1, -0.05) is 18.2 Å². The molecule has 1 aliphatic heterocycles. The number of carbonyl (C=O) groups is 1.